The molecule has 0 atom stereocenters. The maximum atomic E-state index is 12.0. The van der Waals surface area contributed by atoms with E-state index < -0.39 is 0 Å². The first-order chi connectivity index (χ1) is 10.1. The van der Waals surface area contributed by atoms with Gasteiger partial charge in [0, 0.05) is 17.8 Å². The van der Waals surface area contributed by atoms with Gasteiger partial charge in [-0.1, -0.05) is 63.5 Å². The van der Waals surface area contributed by atoms with Crippen LogP contribution < -0.4 is 5.32 Å². The summed E-state index contributed by atoms with van der Waals surface area (Å²) in [6, 6.07) is 3.37. The number of amides is 1. The van der Waals surface area contributed by atoms with Crippen LogP contribution in [0.5, 0.6) is 0 Å². The summed E-state index contributed by atoms with van der Waals surface area (Å²) in [6.07, 6.45) is 10.1. The van der Waals surface area contributed by atoms with Crippen molar-refractivity contribution < 1.29 is 4.79 Å². The van der Waals surface area contributed by atoms with E-state index in [0.717, 1.165) is 18.7 Å². The molecule has 1 N–H and O–H groups in total. The van der Waals surface area contributed by atoms with E-state index >= 15 is 0 Å². The molecule has 1 amide bonds. The number of unbranched alkanes of at least 4 members (excludes halogenated alkanes) is 7. The number of nitrogens with one attached hydrogen (secondary N) is 1. The summed E-state index contributed by atoms with van der Waals surface area (Å²) < 4.78 is 0. The van der Waals surface area contributed by atoms with Gasteiger partial charge in [-0.25, -0.2) is 4.98 Å². The molecular formula is C17H27ClN2O. The highest BCUT2D eigenvalue weighted by atomic mass is 35.5. The number of halogens is 1. The molecule has 0 unspecified atom stereocenters. The highest BCUT2D eigenvalue weighted by molar-refractivity contribution is 6.29. The van der Waals surface area contributed by atoms with Gasteiger partial charge in [-0.15, -0.1) is 0 Å². The fourth-order valence-electron chi connectivity index (χ4n) is 2.32. The average Bonchev–Trinajstić information content (AvgIpc) is 2.44. The molecule has 0 radical (unpaired) electrons. The average molecular weight is 311 g/mol. The first-order valence-electron chi connectivity index (χ1n) is 8.06. The number of nitrogens with zero attached hydrogens (tertiary/aromatic N) is 1. The normalized spacial score (nSPS) is 10.6. The Morgan fingerprint density at radius 3 is 2.33 bits per heavy atom. The van der Waals surface area contributed by atoms with Crippen molar-refractivity contribution in [3.8, 4) is 0 Å². The number of hydrogen-bond acceptors (Lipinski definition) is 2. The summed E-state index contributed by atoms with van der Waals surface area (Å²) in [7, 11) is 0. The SMILES string of the molecule is CCCCCCCCCCNC(=O)c1cc(C)nc(Cl)c1. The van der Waals surface area contributed by atoms with E-state index in [2.05, 4.69) is 17.2 Å². The largest absolute Gasteiger partial charge is 0.352 e. The Morgan fingerprint density at radius 2 is 1.71 bits per heavy atom. The Balaban J connectivity index is 2.11. The highest BCUT2D eigenvalue weighted by Crippen LogP contribution is 2.11. The van der Waals surface area contributed by atoms with Crippen LogP contribution in [0, 0.1) is 6.92 Å². The summed E-state index contributed by atoms with van der Waals surface area (Å²) in [5, 5.41) is 3.31. The van der Waals surface area contributed by atoms with Gasteiger partial charge in [0.15, 0.2) is 0 Å². The third-order valence-electron chi connectivity index (χ3n) is 3.50. The second kappa shape index (κ2) is 10.6. The second-order valence-electron chi connectivity index (χ2n) is 5.55. The van der Waals surface area contributed by atoms with E-state index in [1.165, 1.54) is 44.9 Å². The minimum Gasteiger partial charge on any atom is -0.352 e. The molecule has 3 nitrogen and oxygen atoms in total. The Morgan fingerprint density at radius 1 is 1.10 bits per heavy atom. The number of hydrogen-bond donors (Lipinski definition) is 1. The molecule has 4 heteroatoms. The van der Waals surface area contributed by atoms with Crippen LogP contribution in [0.2, 0.25) is 5.15 Å². The molecular weight excluding hydrogens is 284 g/mol. The first-order valence-corrected chi connectivity index (χ1v) is 8.43. The summed E-state index contributed by atoms with van der Waals surface area (Å²) >= 11 is 5.86. The van der Waals surface area contributed by atoms with E-state index in [4.69, 9.17) is 11.6 Å². The molecule has 0 fully saturated rings. The van der Waals surface area contributed by atoms with Gasteiger partial charge in [-0.3, -0.25) is 4.79 Å². The molecule has 1 rings (SSSR count). The van der Waals surface area contributed by atoms with Crippen molar-refractivity contribution in [2.75, 3.05) is 6.54 Å². The zero-order valence-corrected chi connectivity index (χ0v) is 14.0. The Kier molecular flexibility index (Phi) is 9.07. The molecule has 0 aliphatic rings. The fraction of sp³-hybridized carbons (Fsp3) is 0.647. The van der Waals surface area contributed by atoms with Crippen LogP contribution >= 0.6 is 11.6 Å². The third kappa shape index (κ3) is 8.05. The van der Waals surface area contributed by atoms with E-state index in [9.17, 15) is 4.79 Å². The minimum atomic E-state index is -0.0645. The molecule has 0 bridgehead atoms. The molecule has 0 spiro atoms. The summed E-state index contributed by atoms with van der Waals surface area (Å²) in [4.78, 5) is 16.0. The van der Waals surface area contributed by atoms with Gasteiger partial charge in [-0.05, 0) is 25.5 Å². The maximum absolute atomic E-state index is 12.0. The van der Waals surface area contributed by atoms with Crippen molar-refractivity contribution in [1.82, 2.24) is 10.3 Å². The standard InChI is InChI=1S/C17H27ClN2O/c1-3-4-5-6-7-8-9-10-11-19-17(21)15-12-14(2)20-16(18)13-15/h12-13H,3-11H2,1-2H3,(H,19,21). The number of carbonyl (C=O) groups is 1. The van der Waals surface area contributed by atoms with Crippen molar-refractivity contribution in [3.05, 3.63) is 28.5 Å². The van der Waals surface area contributed by atoms with Crippen LogP contribution in [0.15, 0.2) is 12.1 Å². The quantitative estimate of drug-likeness (QED) is 0.492. The van der Waals surface area contributed by atoms with E-state index in [0.29, 0.717) is 10.7 Å². The second-order valence-corrected chi connectivity index (χ2v) is 5.94. The van der Waals surface area contributed by atoms with Crippen molar-refractivity contribution >= 4 is 17.5 Å². The molecule has 1 aromatic rings. The predicted molar refractivity (Wildman–Crippen MR) is 88.9 cm³/mol. The number of aryl methyl sites for hydroxylation is 1. The van der Waals surface area contributed by atoms with Gasteiger partial charge < -0.3 is 5.32 Å². The van der Waals surface area contributed by atoms with Crippen molar-refractivity contribution in [3.63, 3.8) is 0 Å². The maximum Gasteiger partial charge on any atom is 0.251 e. The van der Waals surface area contributed by atoms with Gasteiger partial charge in [0.1, 0.15) is 5.15 Å². The van der Waals surface area contributed by atoms with Crippen LogP contribution in [0.4, 0.5) is 0 Å². The summed E-state index contributed by atoms with van der Waals surface area (Å²) in [5.74, 6) is -0.0645. The van der Waals surface area contributed by atoms with E-state index in [1.807, 2.05) is 6.92 Å². The van der Waals surface area contributed by atoms with Crippen molar-refractivity contribution in [2.45, 2.75) is 65.2 Å². The van der Waals surface area contributed by atoms with E-state index in [1.54, 1.807) is 12.1 Å². The summed E-state index contributed by atoms with van der Waals surface area (Å²) in [5.41, 5.74) is 1.35. The molecule has 0 aromatic carbocycles. The van der Waals surface area contributed by atoms with Crippen LogP contribution in [0.3, 0.4) is 0 Å². The molecule has 1 aromatic heterocycles. The van der Waals surface area contributed by atoms with Crippen LogP contribution in [-0.4, -0.2) is 17.4 Å². The van der Waals surface area contributed by atoms with Gasteiger partial charge in [0.2, 0.25) is 0 Å². The lowest BCUT2D eigenvalue weighted by molar-refractivity contribution is 0.0952. The third-order valence-corrected chi connectivity index (χ3v) is 3.69. The van der Waals surface area contributed by atoms with Crippen LogP contribution in [0.1, 0.15) is 74.3 Å². The lowest BCUT2D eigenvalue weighted by atomic mass is 10.1. The van der Waals surface area contributed by atoms with Gasteiger partial charge in [0.25, 0.3) is 5.91 Å². The molecule has 0 aliphatic heterocycles. The highest BCUT2D eigenvalue weighted by Gasteiger charge is 2.07. The molecule has 0 saturated carbocycles. The minimum absolute atomic E-state index is 0.0645. The van der Waals surface area contributed by atoms with Crippen molar-refractivity contribution in [1.29, 1.82) is 0 Å². The van der Waals surface area contributed by atoms with E-state index in [-0.39, 0.29) is 5.91 Å². The van der Waals surface area contributed by atoms with Gasteiger partial charge in [-0.2, -0.15) is 0 Å². The summed E-state index contributed by atoms with van der Waals surface area (Å²) in [6.45, 7) is 4.80. The Hall–Kier alpha value is -1.09. The number of rotatable bonds is 10. The zero-order chi connectivity index (χ0) is 15.5. The molecule has 118 valence electrons. The molecule has 1 heterocycles. The van der Waals surface area contributed by atoms with Crippen molar-refractivity contribution in [2.24, 2.45) is 0 Å². The topological polar surface area (TPSA) is 42.0 Å². The van der Waals surface area contributed by atoms with Gasteiger partial charge in [0.05, 0.1) is 0 Å². The van der Waals surface area contributed by atoms with Gasteiger partial charge >= 0.3 is 0 Å². The number of pyridine rings is 1. The molecule has 0 aliphatic carbocycles. The Bertz CT molecular complexity index is 415. The fourth-order valence-corrected chi connectivity index (χ4v) is 2.57. The Labute approximate surface area is 133 Å². The lowest BCUT2D eigenvalue weighted by Crippen LogP contribution is -2.24. The molecule has 21 heavy (non-hydrogen) atoms. The molecule has 0 saturated heterocycles. The number of aromatic nitrogens is 1. The first kappa shape index (κ1) is 18.0. The monoisotopic (exact) mass is 310 g/mol. The number of carbonyl (C=O) groups excluding carboxylic acids is 1. The van der Waals surface area contributed by atoms with Crippen LogP contribution in [0.25, 0.3) is 0 Å². The van der Waals surface area contributed by atoms with Crippen LogP contribution in [-0.2, 0) is 0 Å². The lowest BCUT2D eigenvalue weighted by Gasteiger charge is -2.06. The smallest absolute Gasteiger partial charge is 0.251 e. The predicted octanol–water partition coefficient (Wildman–Crippen LogP) is 4.91. The zero-order valence-electron chi connectivity index (χ0n) is 13.3.